The Hall–Kier alpha value is -1.00. The largest absolute Gasteiger partial charge is 0.381 e. The molecule has 1 aliphatic heterocycles. The molecule has 4 heteroatoms. The number of ether oxygens (including phenoxy) is 1. The first-order valence-corrected chi connectivity index (χ1v) is 5.66. The van der Waals surface area contributed by atoms with Crippen molar-refractivity contribution in [2.24, 2.45) is 5.92 Å². The maximum Gasteiger partial charge on any atom is 0.141 e. The van der Waals surface area contributed by atoms with E-state index in [1.54, 1.807) is 6.20 Å². The molecule has 0 amide bonds. The zero-order chi connectivity index (χ0) is 11.4. The average molecular weight is 224 g/mol. The lowest BCUT2D eigenvalue weighted by Gasteiger charge is -2.19. The minimum atomic E-state index is -0.281. The maximum absolute atomic E-state index is 12.9. The van der Waals surface area contributed by atoms with Crippen LogP contribution in [0.2, 0.25) is 0 Å². The minimum Gasteiger partial charge on any atom is -0.381 e. The summed E-state index contributed by atoms with van der Waals surface area (Å²) in [4.78, 5) is 3.82. The normalized spacial score (nSPS) is 22.2. The molecule has 2 rings (SSSR count). The summed E-state index contributed by atoms with van der Waals surface area (Å²) in [6.07, 6.45) is 4.02. The second-order valence-electron chi connectivity index (χ2n) is 4.30. The van der Waals surface area contributed by atoms with Gasteiger partial charge >= 0.3 is 0 Å². The summed E-state index contributed by atoms with van der Waals surface area (Å²) < 4.78 is 18.2. The van der Waals surface area contributed by atoms with Crippen molar-refractivity contribution in [1.82, 2.24) is 10.3 Å². The molecule has 1 saturated heterocycles. The number of nitrogens with one attached hydrogen (secondary N) is 1. The first-order chi connectivity index (χ1) is 7.75. The molecule has 0 bridgehead atoms. The number of rotatable bonds is 4. The van der Waals surface area contributed by atoms with Gasteiger partial charge in [-0.05, 0) is 30.9 Å². The average Bonchev–Trinajstić information content (AvgIpc) is 2.79. The Bertz CT molecular complexity index is 340. The molecule has 3 nitrogen and oxygen atoms in total. The Morgan fingerprint density at radius 3 is 3.19 bits per heavy atom. The molecule has 0 saturated carbocycles. The van der Waals surface area contributed by atoms with Crippen LogP contribution in [0.15, 0.2) is 18.5 Å². The monoisotopic (exact) mass is 224 g/mol. The second-order valence-corrected chi connectivity index (χ2v) is 4.30. The molecule has 0 aliphatic carbocycles. The van der Waals surface area contributed by atoms with Gasteiger partial charge in [0.2, 0.25) is 0 Å². The van der Waals surface area contributed by atoms with Crippen LogP contribution in [0, 0.1) is 11.7 Å². The molecule has 2 unspecified atom stereocenters. The van der Waals surface area contributed by atoms with E-state index in [2.05, 4.69) is 17.2 Å². The second kappa shape index (κ2) is 5.37. The van der Waals surface area contributed by atoms with Crippen LogP contribution < -0.4 is 5.32 Å². The van der Waals surface area contributed by atoms with Crippen molar-refractivity contribution in [3.8, 4) is 0 Å². The summed E-state index contributed by atoms with van der Waals surface area (Å²) >= 11 is 0. The van der Waals surface area contributed by atoms with Crippen LogP contribution in [0.3, 0.4) is 0 Å². The molecule has 0 spiro atoms. The molecular formula is C12H17FN2O. The van der Waals surface area contributed by atoms with Gasteiger partial charge in [-0.25, -0.2) is 4.39 Å². The highest BCUT2D eigenvalue weighted by atomic mass is 19.1. The Morgan fingerprint density at radius 2 is 2.50 bits per heavy atom. The molecule has 1 fully saturated rings. The lowest BCUT2D eigenvalue weighted by molar-refractivity contribution is 0.178. The molecular weight excluding hydrogens is 207 g/mol. The molecule has 1 aromatic rings. The molecule has 2 atom stereocenters. The summed E-state index contributed by atoms with van der Waals surface area (Å²) in [5.74, 6) is 0.290. The molecule has 1 N–H and O–H groups in total. The van der Waals surface area contributed by atoms with Gasteiger partial charge < -0.3 is 10.1 Å². The summed E-state index contributed by atoms with van der Waals surface area (Å²) in [6.45, 7) is 4.49. The molecule has 1 aliphatic rings. The van der Waals surface area contributed by atoms with Gasteiger partial charge in [0.25, 0.3) is 0 Å². The molecule has 0 aromatic carbocycles. The summed E-state index contributed by atoms with van der Waals surface area (Å²) in [6, 6.07) is 1.91. The van der Waals surface area contributed by atoms with Gasteiger partial charge in [-0.1, -0.05) is 0 Å². The summed E-state index contributed by atoms with van der Waals surface area (Å²) in [5.41, 5.74) is 0.880. The van der Waals surface area contributed by atoms with E-state index in [9.17, 15) is 4.39 Å². The minimum absolute atomic E-state index is 0.281. The van der Waals surface area contributed by atoms with Gasteiger partial charge in [0.15, 0.2) is 0 Å². The SMILES string of the molecule is CC(NCc1cncc(F)c1)C1CCOC1. The Labute approximate surface area is 95.0 Å². The molecule has 1 aromatic heterocycles. The van der Waals surface area contributed by atoms with E-state index >= 15 is 0 Å². The Balaban J connectivity index is 1.82. The first kappa shape index (κ1) is 11.5. The van der Waals surface area contributed by atoms with Crippen molar-refractivity contribution in [2.75, 3.05) is 13.2 Å². The lowest BCUT2D eigenvalue weighted by atomic mass is 10.0. The van der Waals surface area contributed by atoms with Crippen molar-refractivity contribution in [2.45, 2.75) is 25.9 Å². The first-order valence-electron chi connectivity index (χ1n) is 5.66. The third-order valence-electron chi connectivity index (χ3n) is 3.06. The molecule has 0 radical (unpaired) electrons. The fourth-order valence-corrected chi connectivity index (χ4v) is 1.95. The quantitative estimate of drug-likeness (QED) is 0.845. The predicted octanol–water partition coefficient (Wildman–Crippen LogP) is 1.74. The van der Waals surface area contributed by atoms with Crippen molar-refractivity contribution in [3.63, 3.8) is 0 Å². The van der Waals surface area contributed by atoms with Crippen LogP contribution in [-0.4, -0.2) is 24.2 Å². The zero-order valence-electron chi connectivity index (χ0n) is 9.45. The van der Waals surface area contributed by atoms with Crippen LogP contribution in [0.4, 0.5) is 4.39 Å². The Kier molecular flexibility index (Phi) is 3.85. The van der Waals surface area contributed by atoms with Gasteiger partial charge in [0, 0.05) is 25.4 Å². The summed E-state index contributed by atoms with van der Waals surface area (Å²) in [5, 5.41) is 3.38. The van der Waals surface area contributed by atoms with E-state index in [1.807, 2.05) is 0 Å². The van der Waals surface area contributed by atoms with Crippen LogP contribution in [0.5, 0.6) is 0 Å². The standard InChI is InChI=1S/C12H17FN2O/c1-9(11-2-3-16-8-11)15-6-10-4-12(13)7-14-5-10/h4-5,7,9,11,15H,2-3,6,8H2,1H3. The number of nitrogens with zero attached hydrogens (tertiary/aromatic N) is 1. The molecule has 88 valence electrons. The number of aromatic nitrogens is 1. The lowest BCUT2D eigenvalue weighted by Crippen LogP contribution is -2.33. The Morgan fingerprint density at radius 1 is 1.62 bits per heavy atom. The van der Waals surface area contributed by atoms with E-state index in [-0.39, 0.29) is 5.82 Å². The number of pyridine rings is 1. The highest BCUT2D eigenvalue weighted by Gasteiger charge is 2.21. The number of hydrogen-bond donors (Lipinski definition) is 1. The van der Waals surface area contributed by atoms with Crippen LogP contribution in [0.1, 0.15) is 18.9 Å². The summed E-state index contributed by atoms with van der Waals surface area (Å²) in [7, 11) is 0. The fraction of sp³-hybridized carbons (Fsp3) is 0.583. The highest BCUT2D eigenvalue weighted by Crippen LogP contribution is 2.16. The third-order valence-corrected chi connectivity index (χ3v) is 3.06. The van der Waals surface area contributed by atoms with Crippen LogP contribution in [0.25, 0.3) is 0 Å². The van der Waals surface area contributed by atoms with E-state index in [4.69, 9.17) is 4.74 Å². The van der Waals surface area contributed by atoms with E-state index in [0.29, 0.717) is 18.5 Å². The van der Waals surface area contributed by atoms with E-state index in [1.165, 1.54) is 12.3 Å². The predicted molar refractivity (Wildman–Crippen MR) is 59.4 cm³/mol. The van der Waals surface area contributed by atoms with Crippen molar-refractivity contribution in [3.05, 3.63) is 29.8 Å². The molecule has 2 heterocycles. The van der Waals surface area contributed by atoms with Crippen molar-refractivity contribution in [1.29, 1.82) is 0 Å². The van der Waals surface area contributed by atoms with Crippen molar-refractivity contribution < 1.29 is 9.13 Å². The van der Waals surface area contributed by atoms with E-state index in [0.717, 1.165) is 25.2 Å². The van der Waals surface area contributed by atoms with Gasteiger partial charge in [0.1, 0.15) is 5.82 Å². The van der Waals surface area contributed by atoms with Gasteiger partial charge in [0.05, 0.1) is 12.8 Å². The third kappa shape index (κ3) is 3.00. The van der Waals surface area contributed by atoms with Crippen molar-refractivity contribution >= 4 is 0 Å². The fourth-order valence-electron chi connectivity index (χ4n) is 1.95. The highest BCUT2D eigenvalue weighted by molar-refractivity contribution is 5.09. The zero-order valence-corrected chi connectivity index (χ0v) is 9.45. The van der Waals surface area contributed by atoms with Gasteiger partial charge in [-0.15, -0.1) is 0 Å². The molecule has 16 heavy (non-hydrogen) atoms. The van der Waals surface area contributed by atoms with Crippen LogP contribution in [-0.2, 0) is 11.3 Å². The smallest absolute Gasteiger partial charge is 0.141 e. The van der Waals surface area contributed by atoms with Gasteiger partial charge in [-0.2, -0.15) is 0 Å². The van der Waals surface area contributed by atoms with Crippen LogP contribution >= 0.6 is 0 Å². The van der Waals surface area contributed by atoms with Gasteiger partial charge in [-0.3, -0.25) is 4.98 Å². The number of halogens is 1. The number of hydrogen-bond acceptors (Lipinski definition) is 3. The topological polar surface area (TPSA) is 34.2 Å². The maximum atomic E-state index is 12.9. The van der Waals surface area contributed by atoms with E-state index < -0.39 is 0 Å².